The molecule has 0 spiro atoms. The van der Waals surface area contributed by atoms with Crippen LogP contribution in [0.1, 0.15) is 25.0 Å². The van der Waals surface area contributed by atoms with Gasteiger partial charge in [0.15, 0.2) is 0 Å². The van der Waals surface area contributed by atoms with Crippen molar-refractivity contribution < 1.29 is 9.85 Å². The van der Waals surface area contributed by atoms with E-state index in [9.17, 15) is 20.2 Å². The number of hydrogen-bond donors (Lipinski definition) is 0. The third-order valence-electron chi connectivity index (χ3n) is 3.75. The van der Waals surface area contributed by atoms with Crippen molar-refractivity contribution in [2.24, 2.45) is 0 Å². The van der Waals surface area contributed by atoms with Crippen LogP contribution < -0.4 is 0 Å². The van der Waals surface area contributed by atoms with E-state index in [-0.39, 0.29) is 0 Å². The van der Waals surface area contributed by atoms with E-state index < -0.39 is 15.3 Å². The predicted molar refractivity (Wildman–Crippen MR) is 78.7 cm³/mol. The molecule has 1 atom stereocenters. The summed E-state index contributed by atoms with van der Waals surface area (Å²) in [6.45, 7) is 3.69. The van der Waals surface area contributed by atoms with Crippen molar-refractivity contribution in [1.29, 1.82) is 0 Å². The first kappa shape index (κ1) is 14.6. The zero-order valence-corrected chi connectivity index (χ0v) is 11.6. The number of allylic oxidation sites excluding steroid dienone is 4. The summed E-state index contributed by atoms with van der Waals surface area (Å²) in [5.41, 5.74) is 2.69. The quantitative estimate of drug-likeness (QED) is 0.627. The van der Waals surface area contributed by atoms with Crippen molar-refractivity contribution in [1.82, 2.24) is 0 Å². The maximum Gasteiger partial charge on any atom is 0.234 e. The second-order valence-corrected chi connectivity index (χ2v) is 4.99. The van der Waals surface area contributed by atoms with E-state index in [4.69, 9.17) is 0 Å². The van der Waals surface area contributed by atoms with Gasteiger partial charge in [-0.25, -0.2) is 0 Å². The van der Waals surface area contributed by atoms with Crippen molar-refractivity contribution in [2.75, 3.05) is 0 Å². The fraction of sp³-hybridized carbons (Fsp3) is 0.200. The molecule has 0 bridgehead atoms. The number of nitrogens with zero attached hydrogens (tertiary/aromatic N) is 2. The minimum absolute atomic E-state index is 0.531. The third-order valence-corrected chi connectivity index (χ3v) is 3.75. The Labute approximate surface area is 121 Å². The molecule has 0 fully saturated rings. The largest absolute Gasteiger partial charge is 0.259 e. The molecule has 108 valence electrons. The lowest BCUT2D eigenvalue weighted by Crippen LogP contribution is -2.19. The summed E-state index contributed by atoms with van der Waals surface area (Å²) in [4.78, 5) is 20.2. The van der Waals surface area contributed by atoms with Gasteiger partial charge in [-0.3, -0.25) is 20.2 Å². The Kier molecular flexibility index (Phi) is 3.71. The maximum absolute atomic E-state index is 10.6. The standard InChI is InChI=1S/C15H14N2O4/c1-11-12-5-3-4-6-14(12)15(2,8-10-17(20)21)13(11)7-9-16(18)19/h3-10H,1-2H3/b9-7+,10-8+. The van der Waals surface area contributed by atoms with E-state index in [0.717, 1.165) is 29.1 Å². The van der Waals surface area contributed by atoms with Crippen molar-refractivity contribution in [2.45, 2.75) is 19.3 Å². The second kappa shape index (κ2) is 5.32. The highest BCUT2D eigenvalue weighted by atomic mass is 16.6. The van der Waals surface area contributed by atoms with Crippen LogP contribution in [0.25, 0.3) is 5.57 Å². The maximum atomic E-state index is 10.6. The Morgan fingerprint density at radius 3 is 2.33 bits per heavy atom. The van der Waals surface area contributed by atoms with Gasteiger partial charge < -0.3 is 0 Å². The molecule has 0 aliphatic heterocycles. The Hall–Kier alpha value is -2.76. The lowest BCUT2D eigenvalue weighted by Gasteiger charge is -2.23. The van der Waals surface area contributed by atoms with Crippen LogP contribution in [0, 0.1) is 20.2 Å². The van der Waals surface area contributed by atoms with Crippen LogP contribution in [0.5, 0.6) is 0 Å². The van der Waals surface area contributed by atoms with Gasteiger partial charge >= 0.3 is 0 Å². The Morgan fingerprint density at radius 1 is 1.10 bits per heavy atom. The van der Waals surface area contributed by atoms with Gasteiger partial charge in [-0.2, -0.15) is 0 Å². The van der Waals surface area contributed by atoms with Crippen LogP contribution in [-0.2, 0) is 5.41 Å². The molecule has 1 aromatic rings. The molecule has 0 aromatic heterocycles. The molecule has 1 aliphatic rings. The van der Waals surface area contributed by atoms with Crippen LogP contribution in [0.3, 0.4) is 0 Å². The minimum atomic E-state index is -0.750. The van der Waals surface area contributed by atoms with E-state index in [0.29, 0.717) is 5.57 Å². The molecular formula is C15H14N2O4. The molecule has 0 saturated carbocycles. The SMILES string of the molecule is CC1=C(/C=C/[N+](=O)[O-])C(C)(/C=C/[N+](=O)[O-])c2ccccc21. The van der Waals surface area contributed by atoms with E-state index in [2.05, 4.69) is 0 Å². The lowest BCUT2D eigenvalue weighted by atomic mass is 9.79. The molecule has 6 heteroatoms. The number of benzene rings is 1. The average Bonchev–Trinajstić information content (AvgIpc) is 2.65. The van der Waals surface area contributed by atoms with Crippen molar-refractivity contribution in [3.05, 3.63) is 85.7 Å². The fourth-order valence-electron chi connectivity index (χ4n) is 2.77. The van der Waals surface area contributed by atoms with E-state index in [1.807, 2.05) is 38.1 Å². The van der Waals surface area contributed by atoms with Crippen LogP contribution in [0.15, 0.2) is 54.4 Å². The van der Waals surface area contributed by atoms with E-state index >= 15 is 0 Å². The zero-order chi connectivity index (χ0) is 15.6. The number of rotatable bonds is 4. The Balaban J connectivity index is 2.63. The summed E-state index contributed by atoms with van der Waals surface area (Å²) >= 11 is 0. The molecule has 0 saturated heterocycles. The van der Waals surface area contributed by atoms with Crippen LogP contribution in [0.4, 0.5) is 0 Å². The molecule has 0 N–H and O–H groups in total. The first-order valence-electron chi connectivity index (χ1n) is 6.32. The van der Waals surface area contributed by atoms with Gasteiger partial charge in [0.2, 0.25) is 12.4 Å². The summed E-state index contributed by atoms with van der Waals surface area (Å²) in [7, 11) is 0. The van der Waals surface area contributed by atoms with Gasteiger partial charge in [0.1, 0.15) is 0 Å². The summed E-state index contributed by atoms with van der Waals surface area (Å²) in [6, 6.07) is 7.52. The molecule has 1 aromatic carbocycles. The third kappa shape index (κ3) is 2.60. The van der Waals surface area contributed by atoms with Crippen LogP contribution in [-0.4, -0.2) is 9.85 Å². The van der Waals surface area contributed by atoms with Gasteiger partial charge in [0.05, 0.1) is 9.85 Å². The molecule has 1 unspecified atom stereocenters. The first-order chi connectivity index (χ1) is 9.86. The summed E-state index contributed by atoms with van der Waals surface area (Å²) in [5.74, 6) is 0. The fourth-order valence-corrected chi connectivity index (χ4v) is 2.77. The molecule has 2 rings (SSSR count). The van der Waals surface area contributed by atoms with Crippen molar-refractivity contribution in [3.63, 3.8) is 0 Å². The molecule has 0 radical (unpaired) electrons. The molecule has 1 aliphatic carbocycles. The molecule has 0 amide bonds. The highest BCUT2D eigenvalue weighted by molar-refractivity contribution is 5.82. The van der Waals surface area contributed by atoms with Crippen molar-refractivity contribution in [3.8, 4) is 0 Å². The minimum Gasteiger partial charge on any atom is -0.259 e. The van der Waals surface area contributed by atoms with E-state index in [1.165, 1.54) is 12.2 Å². The Morgan fingerprint density at radius 2 is 1.71 bits per heavy atom. The van der Waals surface area contributed by atoms with Gasteiger partial charge in [-0.15, -0.1) is 0 Å². The van der Waals surface area contributed by atoms with Gasteiger partial charge in [0.25, 0.3) is 0 Å². The second-order valence-electron chi connectivity index (χ2n) is 4.99. The van der Waals surface area contributed by atoms with Crippen LogP contribution in [0.2, 0.25) is 0 Å². The topological polar surface area (TPSA) is 86.3 Å². The first-order valence-corrected chi connectivity index (χ1v) is 6.32. The summed E-state index contributed by atoms with van der Waals surface area (Å²) in [5, 5.41) is 21.2. The average molecular weight is 286 g/mol. The van der Waals surface area contributed by atoms with Crippen molar-refractivity contribution >= 4 is 5.57 Å². The normalized spacial score (nSPS) is 21.2. The Bertz CT molecular complexity index is 703. The predicted octanol–water partition coefficient (Wildman–Crippen LogP) is 3.31. The highest BCUT2D eigenvalue weighted by Crippen LogP contribution is 2.47. The lowest BCUT2D eigenvalue weighted by molar-refractivity contribution is -0.403. The van der Waals surface area contributed by atoms with Gasteiger partial charge in [-0.1, -0.05) is 24.3 Å². The van der Waals surface area contributed by atoms with Crippen LogP contribution >= 0.6 is 0 Å². The van der Waals surface area contributed by atoms with Gasteiger partial charge in [0, 0.05) is 17.6 Å². The molecule has 0 heterocycles. The zero-order valence-electron chi connectivity index (χ0n) is 11.6. The monoisotopic (exact) mass is 286 g/mol. The summed E-state index contributed by atoms with van der Waals surface area (Å²) < 4.78 is 0. The number of hydrogen-bond acceptors (Lipinski definition) is 4. The van der Waals surface area contributed by atoms with Gasteiger partial charge in [-0.05, 0) is 36.1 Å². The molecule has 6 nitrogen and oxygen atoms in total. The summed E-state index contributed by atoms with van der Waals surface area (Å²) in [6.07, 6.45) is 4.64. The number of nitro groups is 2. The smallest absolute Gasteiger partial charge is 0.234 e. The highest BCUT2D eigenvalue weighted by Gasteiger charge is 2.37. The van der Waals surface area contributed by atoms with E-state index in [1.54, 1.807) is 0 Å². The number of fused-ring (bicyclic) bond motifs is 1. The molecular weight excluding hydrogens is 272 g/mol. The molecule has 21 heavy (non-hydrogen) atoms.